The summed E-state index contributed by atoms with van der Waals surface area (Å²) in [6.07, 6.45) is 1.77. The molecule has 0 atom stereocenters. The van der Waals surface area contributed by atoms with Crippen LogP contribution in [0.3, 0.4) is 0 Å². The lowest BCUT2D eigenvalue weighted by molar-refractivity contribution is 0.0760. The lowest BCUT2D eigenvalue weighted by Gasteiger charge is -2.21. The lowest BCUT2D eigenvalue weighted by Crippen LogP contribution is -2.31. The van der Waals surface area contributed by atoms with E-state index in [1.54, 1.807) is 0 Å². The molecule has 1 aromatic carbocycles. The molecule has 2 rings (SSSR count). The molecule has 0 unspecified atom stereocenters. The molecule has 0 radical (unpaired) electrons. The highest BCUT2D eigenvalue weighted by Crippen LogP contribution is 2.25. The van der Waals surface area contributed by atoms with Gasteiger partial charge in [0.05, 0.1) is 12.1 Å². The Morgan fingerprint density at radius 3 is 2.91 bits per heavy atom. The maximum Gasteiger partial charge on any atom is 0.253 e. The molecular formula is C14H18BrN3O2S2. The van der Waals surface area contributed by atoms with E-state index in [1.807, 2.05) is 30.0 Å². The predicted molar refractivity (Wildman–Crippen MR) is 97.6 cm³/mol. The number of carbonyl (C=O) groups is 1. The topological polar surface area (TPSA) is 47.4 Å². The fourth-order valence-electron chi connectivity index (χ4n) is 2.25. The van der Waals surface area contributed by atoms with Gasteiger partial charge in [-0.3, -0.25) is 4.79 Å². The number of hydrogen-bond acceptors (Lipinski definition) is 5. The third kappa shape index (κ3) is 3.98. The van der Waals surface area contributed by atoms with Crippen LogP contribution in [-0.2, 0) is 4.18 Å². The summed E-state index contributed by atoms with van der Waals surface area (Å²) in [6.45, 7) is 3.95. The van der Waals surface area contributed by atoms with Gasteiger partial charge in [0.2, 0.25) is 0 Å². The Hall–Kier alpha value is -0.700. The molecule has 2 aromatic rings. The zero-order valence-electron chi connectivity index (χ0n) is 12.2. The van der Waals surface area contributed by atoms with Gasteiger partial charge in [-0.05, 0) is 79.6 Å². The molecule has 0 spiro atoms. The van der Waals surface area contributed by atoms with Crippen LogP contribution >= 0.6 is 41.7 Å². The summed E-state index contributed by atoms with van der Waals surface area (Å²) in [6, 6.07) is 5.52. The third-order valence-electron chi connectivity index (χ3n) is 3.45. The number of thiol groups is 2. The molecule has 8 heteroatoms. The van der Waals surface area contributed by atoms with Crippen LogP contribution in [0, 0.1) is 0 Å². The van der Waals surface area contributed by atoms with Crippen LogP contribution in [-0.4, -0.2) is 39.7 Å². The monoisotopic (exact) mass is 403 g/mol. The minimum absolute atomic E-state index is 0.0232. The minimum atomic E-state index is 0.0232. The van der Waals surface area contributed by atoms with E-state index >= 15 is 0 Å². The first-order chi connectivity index (χ1) is 10.6. The van der Waals surface area contributed by atoms with Crippen molar-refractivity contribution in [3.63, 3.8) is 0 Å². The van der Waals surface area contributed by atoms with Gasteiger partial charge in [-0.25, -0.2) is 4.09 Å². The summed E-state index contributed by atoms with van der Waals surface area (Å²) in [7, 11) is 0. The summed E-state index contributed by atoms with van der Waals surface area (Å²) in [5.74, 6) is 0.0232. The van der Waals surface area contributed by atoms with Crippen molar-refractivity contribution in [3.8, 4) is 0 Å². The zero-order valence-corrected chi connectivity index (χ0v) is 15.6. The normalized spacial score (nSPS) is 11.1. The Morgan fingerprint density at radius 1 is 1.45 bits per heavy atom. The van der Waals surface area contributed by atoms with Gasteiger partial charge in [0, 0.05) is 24.0 Å². The van der Waals surface area contributed by atoms with E-state index in [0.717, 1.165) is 23.7 Å². The Kier molecular flexibility index (Phi) is 6.61. The first-order valence-corrected chi connectivity index (χ1v) is 8.57. The molecule has 1 aromatic heterocycles. The smallest absolute Gasteiger partial charge is 0.253 e. The van der Waals surface area contributed by atoms with E-state index in [2.05, 4.69) is 46.8 Å². The van der Waals surface area contributed by atoms with Crippen LogP contribution in [0.4, 0.5) is 0 Å². The van der Waals surface area contributed by atoms with Crippen molar-refractivity contribution in [2.24, 2.45) is 0 Å². The number of fused-ring (bicyclic) bond motifs is 1. The largest absolute Gasteiger partial charge is 0.339 e. The number of aromatic nitrogens is 2. The standard InChI is InChI=1S/C14H18BrN3O2S2/c1-2-17(7-3-4-8-20-22)14(19)10-5-6-12-11(9-10)13(15)16-18(12)21/h5-6,9,21-22H,2-4,7-8H2,1H3. The van der Waals surface area contributed by atoms with Gasteiger partial charge < -0.3 is 9.08 Å². The number of amides is 1. The van der Waals surface area contributed by atoms with Crippen LogP contribution in [0.25, 0.3) is 10.9 Å². The van der Waals surface area contributed by atoms with E-state index in [9.17, 15) is 4.79 Å². The fraction of sp³-hybridized carbons (Fsp3) is 0.429. The SMILES string of the molecule is CCN(CCCCOS)C(=O)c1ccc2c(c1)c(Br)nn2S. The van der Waals surface area contributed by atoms with Crippen LogP contribution < -0.4 is 0 Å². The second kappa shape index (κ2) is 8.24. The van der Waals surface area contributed by atoms with Crippen LogP contribution in [0.5, 0.6) is 0 Å². The Bertz CT molecular complexity index is 663. The summed E-state index contributed by atoms with van der Waals surface area (Å²) in [4.78, 5) is 14.5. The van der Waals surface area contributed by atoms with Gasteiger partial charge in [-0.2, -0.15) is 5.10 Å². The number of hydrogen-bond donors (Lipinski definition) is 2. The van der Waals surface area contributed by atoms with Gasteiger partial charge in [-0.15, -0.1) is 0 Å². The zero-order chi connectivity index (χ0) is 16.1. The number of rotatable bonds is 7. The summed E-state index contributed by atoms with van der Waals surface area (Å²) in [5.41, 5.74) is 1.52. The number of unbranched alkanes of at least 4 members (excludes halogenated alkanes) is 1. The molecule has 22 heavy (non-hydrogen) atoms. The van der Waals surface area contributed by atoms with Gasteiger partial charge >= 0.3 is 0 Å². The summed E-state index contributed by atoms with van der Waals surface area (Å²) >= 11 is 11.3. The number of benzene rings is 1. The highest BCUT2D eigenvalue weighted by molar-refractivity contribution is 9.10. The molecule has 0 saturated carbocycles. The minimum Gasteiger partial charge on any atom is -0.339 e. The van der Waals surface area contributed by atoms with Crippen molar-refractivity contribution >= 4 is 58.5 Å². The van der Waals surface area contributed by atoms with Gasteiger partial charge in [0.25, 0.3) is 5.91 Å². The molecular weight excluding hydrogens is 386 g/mol. The van der Waals surface area contributed by atoms with E-state index in [1.165, 1.54) is 4.09 Å². The van der Waals surface area contributed by atoms with Crippen LogP contribution in [0.15, 0.2) is 22.8 Å². The first-order valence-electron chi connectivity index (χ1n) is 7.01. The van der Waals surface area contributed by atoms with Crippen molar-refractivity contribution in [2.75, 3.05) is 19.7 Å². The maximum absolute atomic E-state index is 12.6. The highest BCUT2D eigenvalue weighted by atomic mass is 79.9. The van der Waals surface area contributed by atoms with Crippen molar-refractivity contribution in [1.82, 2.24) is 14.1 Å². The van der Waals surface area contributed by atoms with Gasteiger partial charge in [0.15, 0.2) is 0 Å². The fourth-order valence-corrected chi connectivity index (χ4v) is 3.25. The third-order valence-corrected chi connectivity index (χ3v) is 4.52. The highest BCUT2D eigenvalue weighted by Gasteiger charge is 2.16. The van der Waals surface area contributed by atoms with E-state index in [4.69, 9.17) is 4.18 Å². The van der Waals surface area contributed by atoms with E-state index in [0.29, 0.717) is 29.9 Å². The van der Waals surface area contributed by atoms with Crippen molar-refractivity contribution in [3.05, 3.63) is 28.4 Å². The number of carbonyl (C=O) groups excluding carboxylic acids is 1. The Labute approximate surface area is 149 Å². The second-order valence-corrected chi connectivity index (χ2v) is 6.23. The number of nitrogens with zero attached hydrogens (tertiary/aromatic N) is 3. The molecule has 1 amide bonds. The quantitative estimate of drug-likeness (QED) is 0.421. The summed E-state index contributed by atoms with van der Waals surface area (Å²) in [5, 5.41) is 5.05. The Morgan fingerprint density at radius 2 is 2.23 bits per heavy atom. The molecule has 0 aliphatic heterocycles. The molecule has 5 nitrogen and oxygen atoms in total. The first kappa shape index (κ1) is 17.7. The number of halogens is 1. The molecule has 1 heterocycles. The van der Waals surface area contributed by atoms with E-state index < -0.39 is 0 Å². The lowest BCUT2D eigenvalue weighted by atomic mass is 10.1. The molecule has 0 aliphatic rings. The average molecular weight is 404 g/mol. The predicted octanol–water partition coefficient (Wildman–Crippen LogP) is 3.60. The molecule has 0 bridgehead atoms. The van der Waals surface area contributed by atoms with Crippen molar-refractivity contribution in [2.45, 2.75) is 19.8 Å². The van der Waals surface area contributed by atoms with Crippen LogP contribution in [0.1, 0.15) is 30.1 Å². The molecule has 0 aliphatic carbocycles. The molecule has 0 N–H and O–H groups in total. The maximum atomic E-state index is 12.6. The average Bonchev–Trinajstić information content (AvgIpc) is 2.81. The molecule has 0 saturated heterocycles. The molecule has 0 fully saturated rings. The second-order valence-electron chi connectivity index (χ2n) is 4.84. The van der Waals surface area contributed by atoms with Crippen molar-refractivity contribution < 1.29 is 8.98 Å². The van der Waals surface area contributed by atoms with Gasteiger partial charge in [0.1, 0.15) is 4.60 Å². The Balaban J connectivity index is 2.14. The van der Waals surface area contributed by atoms with Crippen LogP contribution in [0.2, 0.25) is 0 Å². The molecule has 120 valence electrons. The summed E-state index contributed by atoms with van der Waals surface area (Å²) < 4.78 is 6.91. The van der Waals surface area contributed by atoms with Gasteiger partial charge in [-0.1, -0.05) is 0 Å². The van der Waals surface area contributed by atoms with E-state index in [-0.39, 0.29) is 5.91 Å². The van der Waals surface area contributed by atoms with Crippen molar-refractivity contribution in [1.29, 1.82) is 0 Å².